The van der Waals surface area contributed by atoms with Crippen LogP contribution in [0.2, 0.25) is 5.02 Å². The molecule has 0 atom stereocenters. The summed E-state index contributed by atoms with van der Waals surface area (Å²) in [5.74, 6) is 2.84. The van der Waals surface area contributed by atoms with Crippen LogP contribution >= 0.6 is 11.6 Å². The summed E-state index contributed by atoms with van der Waals surface area (Å²) in [5, 5.41) is 0.597. The average Bonchev–Trinajstić information content (AvgIpc) is 3.10. The fourth-order valence-corrected chi connectivity index (χ4v) is 6.75. The monoisotopic (exact) mass is 688 g/mol. The van der Waals surface area contributed by atoms with E-state index in [2.05, 4.69) is 119 Å². The largest absolute Gasteiger partial charge is 0.486 e. The number of fused-ring (bicyclic) bond motifs is 2. The van der Waals surface area contributed by atoms with Crippen molar-refractivity contribution >= 4 is 45.7 Å². The van der Waals surface area contributed by atoms with Gasteiger partial charge in [0.2, 0.25) is 0 Å². The predicted octanol–water partition coefficient (Wildman–Crippen LogP) is 11.7. The van der Waals surface area contributed by atoms with Gasteiger partial charge in [-0.1, -0.05) is 77.4 Å². The second kappa shape index (κ2) is 13.1. The summed E-state index contributed by atoms with van der Waals surface area (Å²) in [7, 11) is 0. The van der Waals surface area contributed by atoms with Gasteiger partial charge in [-0.2, -0.15) is 0 Å². The highest BCUT2D eigenvalue weighted by molar-refractivity contribution is 6.36. The van der Waals surface area contributed by atoms with E-state index < -0.39 is 0 Å². The van der Waals surface area contributed by atoms with E-state index in [-0.39, 0.29) is 10.8 Å². The first kappa shape index (κ1) is 33.7. The van der Waals surface area contributed by atoms with E-state index >= 15 is 0 Å². The van der Waals surface area contributed by atoms with Gasteiger partial charge in [0.25, 0.3) is 0 Å². The highest BCUT2D eigenvalue weighted by Gasteiger charge is 2.26. The van der Waals surface area contributed by atoms with E-state index in [1.54, 1.807) is 0 Å². The summed E-state index contributed by atoms with van der Waals surface area (Å²) >= 11 is 7.67. The highest BCUT2D eigenvalue weighted by atomic mass is 35.5. The van der Waals surface area contributed by atoms with Crippen molar-refractivity contribution in [3.05, 3.63) is 119 Å². The van der Waals surface area contributed by atoms with E-state index in [0.717, 1.165) is 51.2 Å². The Morgan fingerprint density at radius 1 is 0.460 bits per heavy atom. The van der Waals surface area contributed by atoms with E-state index in [4.69, 9.17) is 30.5 Å². The molecule has 50 heavy (non-hydrogen) atoms. The molecule has 258 valence electrons. The highest BCUT2D eigenvalue weighted by Crippen LogP contribution is 2.50. The Labute approximate surface area is 301 Å². The molecule has 0 saturated carbocycles. The maximum atomic E-state index is 7.67. The molecule has 0 aliphatic carbocycles. The number of rotatable bonds is 6. The third kappa shape index (κ3) is 6.69. The SMILES string of the molecule is Cc1cc(N(c2ccc(C(C)(C)C)cc2)c2ccc(C(C)(C)C)cc2)c(Cl)c(N(c2ccc3c(c2)OCCO3)c2ccc3c(c2)OCCO3)c1. The van der Waals surface area contributed by atoms with Crippen LogP contribution in [0.1, 0.15) is 58.2 Å². The number of anilines is 6. The minimum Gasteiger partial charge on any atom is -0.486 e. The van der Waals surface area contributed by atoms with Gasteiger partial charge < -0.3 is 28.7 Å². The van der Waals surface area contributed by atoms with Gasteiger partial charge >= 0.3 is 0 Å². The standard InChI is InChI=1S/C43H45ClN2O4/c1-28-24-35(45(31-12-8-29(9-13-31)42(2,3)4)32-14-10-30(11-15-32)43(5,6)7)41(44)36(25-28)46(33-16-18-37-39(26-33)49-22-20-47-37)34-17-19-38-40(27-34)50-23-21-48-38/h8-19,24-27H,20-23H2,1-7H3. The summed E-state index contributed by atoms with van der Waals surface area (Å²) in [5.41, 5.74) is 9.12. The van der Waals surface area contributed by atoms with Crippen molar-refractivity contribution in [3.8, 4) is 23.0 Å². The molecule has 2 heterocycles. The Bertz CT molecular complexity index is 1890. The van der Waals surface area contributed by atoms with Crippen LogP contribution in [-0.4, -0.2) is 26.4 Å². The summed E-state index contributed by atoms with van der Waals surface area (Å²) in [4.78, 5) is 4.41. The lowest BCUT2D eigenvalue weighted by Crippen LogP contribution is -2.18. The van der Waals surface area contributed by atoms with Gasteiger partial charge in [0.1, 0.15) is 26.4 Å². The second-order valence-corrected chi connectivity index (χ2v) is 15.4. The molecule has 0 amide bonds. The number of aryl methyl sites for hydroxylation is 1. The molecule has 5 aromatic rings. The summed E-state index contributed by atoms with van der Waals surface area (Å²) < 4.78 is 23.8. The minimum atomic E-state index is 0.0274. The number of hydrogen-bond donors (Lipinski definition) is 0. The first-order chi connectivity index (χ1) is 23.9. The van der Waals surface area contributed by atoms with Crippen molar-refractivity contribution in [2.45, 2.75) is 59.3 Å². The lowest BCUT2D eigenvalue weighted by atomic mass is 9.86. The second-order valence-electron chi connectivity index (χ2n) is 15.0. The van der Waals surface area contributed by atoms with Gasteiger partial charge in [0.15, 0.2) is 23.0 Å². The van der Waals surface area contributed by atoms with Crippen LogP contribution in [-0.2, 0) is 10.8 Å². The maximum absolute atomic E-state index is 7.67. The molecule has 6 nitrogen and oxygen atoms in total. The third-order valence-corrected chi connectivity index (χ3v) is 9.60. The molecule has 0 bridgehead atoms. The Hall–Kier alpha value is -4.81. The Morgan fingerprint density at radius 2 is 0.800 bits per heavy atom. The van der Waals surface area contributed by atoms with Gasteiger partial charge in [-0.25, -0.2) is 0 Å². The molecule has 0 N–H and O–H groups in total. The molecule has 7 rings (SSSR count). The van der Waals surface area contributed by atoms with Gasteiger partial charge in [-0.05, 0) is 95.1 Å². The molecule has 0 saturated heterocycles. The number of nitrogens with zero attached hydrogens (tertiary/aromatic N) is 2. The summed E-state index contributed by atoms with van der Waals surface area (Å²) in [6.07, 6.45) is 0. The van der Waals surface area contributed by atoms with E-state index in [1.807, 2.05) is 36.4 Å². The number of hydrogen-bond acceptors (Lipinski definition) is 6. The molecule has 0 aromatic heterocycles. The number of benzene rings is 5. The zero-order valence-corrected chi connectivity index (χ0v) is 30.7. The Balaban J connectivity index is 1.42. The molecule has 5 aromatic carbocycles. The molecule has 7 heteroatoms. The minimum absolute atomic E-state index is 0.0274. The predicted molar refractivity (Wildman–Crippen MR) is 205 cm³/mol. The first-order valence-corrected chi connectivity index (χ1v) is 17.7. The van der Waals surface area contributed by atoms with Crippen LogP contribution in [0.3, 0.4) is 0 Å². The fraction of sp³-hybridized carbons (Fsp3) is 0.302. The maximum Gasteiger partial charge on any atom is 0.163 e. The molecule has 2 aliphatic rings. The topological polar surface area (TPSA) is 43.4 Å². The van der Waals surface area contributed by atoms with Crippen molar-refractivity contribution in [3.63, 3.8) is 0 Å². The van der Waals surface area contributed by atoms with Crippen LogP contribution in [0.4, 0.5) is 34.1 Å². The van der Waals surface area contributed by atoms with Crippen molar-refractivity contribution < 1.29 is 18.9 Å². The lowest BCUT2D eigenvalue weighted by molar-refractivity contribution is 0.171. The molecule has 0 unspecified atom stereocenters. The van der Waals surface area contributed by atoms with Crippen LogP contribution in [0, 0.1) is 6.92 Å². The molecular weight excluding hydrogens is 644 g/mol. The number of ether oxygens (including phenoxy) is 4. The van der Waals surface area contributed by atoms with Crippen molar-refractivity contribution in [1.29, 1.82) is 0 Å². The molecule has 0 fully saturated rings. The van der Waals surface area contributed by atoms with Crippen LogP contribution in [0.15, 0.2) is 97.1 Å². The summed E-state index contributed by atoms with van der Waals surface area (Å²) in [6, 6.07) is 33.9. The first-order valence-electron chi connectivity index (χ1n) is 17.3. The van der Waals surface area contributed by atoms with Gasteiger partial charge in [0, 0.05) is 23.5 Å². The molecular formula is C43H45ClN2O4. The van der Waals surface area contributed by atoms with E-state index in [0.29, 0.717) is 42.9 Å². The van der Waals surface area contributed by atoms with Gasteiger partial charge in [0.05, 0.1) is 27.8 Å². The van der Waals surface area contributed by atoms with Crippen molar-refractivity contribution in [2.75, 3.05) is 36.2 Å². The Morgan fingerprint density at radius 3 is 1.18 bits per heavy atom. The lowest BCUT2D eigenvalue weighted by Gasteiger charge is -2.33. The molecule has 0 radical (unpaired) electrons. The quantitative estimate of drug-likeness (QED) is 0.177. The zero-order valence-electron chi connectivity index (χ0n) is 30.0. The van der Waals surface area contributed by atoms with Crippen LogP contribution < -0.4 is 28.7 Å². The molecule has 2 aliphatic heterocycles. The van der Waals surface area contributed by atoms with E-state index in [1.165, 1.54) is 11.1 Å². The van der Waals surface area contributed by atoms with Crippen LogP contribution in [0.25, 0.3) is 0 Å². The van der Waals surface area contributed by atoms with Crippen molar-refractivity contribution in [2.24, 2.45) is 0 Å². The van der Waals surface area contributed by atoms with Gasteiger partial charge in [-0.15, -0.1) is 0 Å². The fourth-order valence-electron chi connectivity index (χ4n) is 6.47. The Kier molecular flexibility index (Phi) is 8.85. The van der Waals surface area contributed by atoms with Crippen LogP contribution in [0.5, 0.6) is 23.0 Å². The summed E-state index contributed by atoms with van der Waals surface area (Å²) in [6.45, 7) is 17.6. The van der Waals surface area contributed by atoms with Crippen molar-refractivity contribution in [1.82, 2.24) is 0 Å². The third-order valence-electron chi connectivity index (χ3n) is 9.21. The normalized spacial score (nSPS) is 13.9. The zero-order chi connectivity index (χ0) is 35.2. The van der Waals surface area contributed by atoms with Gasteiger partial charge in [-0.3, -0.25) is 0 Å². The molecule has 0 spiro atoms. The average molecular weight is 689 g/mol. The number of halogens is 1. The van der Waals surface area contributed by atoms with E-state index in [9.17, 15) is 0 Å². The smallest absolute Gasteiger partial charge is 0.163 e.